The van der Waals surface area contributed by atoms with Crippen LogP contribution in [0.5, 0.6) is 0 Å². The van der Waals surface area contributed by atoms with Gasteiger partial charge in [0.2, 0.25) is 0 Å². The predicted molar refractivity (Wildman–Crippen MR) is 80.1 cm³/mol. The Morgan fingerprint density at radius 1 is 1.50 bits per heavy atom. The van der Waals surface area contributed by atoms with Gasteiger partial charge in [-0.05, 0) is 50.0 Å². The van der Waals surface area contributed by atoms with E-state index in [0.717, 1.165) is 17.7 Å². The van der Waals surface area contributed by atoms with Crippen molar-refractivity contribution < 1.29 is 4.79 Å². The molecule has 1 aromatic rings. The summed E-state index contributed by atoms with van der Waals surface area (Å²) in [6, 6.07) is 5.73. The summed E-state index contributed by atoms with van der Waals surface area (Å²) in [6.07, 6.45) is 3.08. The van der Waals surface area contributed by atoms with E-state index in [2.05, 4.69) is 13.2 Å². The maximum atomic E-state index is 12.4. The van der Waals surface area contributed by atoms with Gasteiger partial charge >= 0.3 is 0 Å². The van der Waals surface area contributed by atoms with E-state index in [9.17, 15) is 4.79 Å². The SMILES string of the molecule is CSCCC(C)N(C)C(=O)c1cccc(N)c1C. The van der Waals surface area contributed by atoms with Gasteiger partial charge in [0.15, 0.2) is 0 Å². The number of nitrogen functional groups attached to an aromatic ring is 1. The first-order valence-electron chi connectivity index (χ1n) is 6.10. The number of hydrogen-bond acceptors (Lipinski definition) is 3. The van der Waals surface area contributed by atoms with Crippen molar-refractivity contribution in [2.75, 3.05) is 24.8 Å². The molecule has 1 unspecified atom stereocenters. The van der Waals surface area contributed by atoms with Crippen LogP contribution in [0.15, 0.2) is 18.2 Å². The van der Waals surface area contributed by atoms with E-state index in [4.69, 9.17) is 5.73 Å². The van der Waals surface area contributed by atoms with E-state index < -0.39 is 0 Å². The summed E-state index contributed by atoms with van der Waals surface area (Å²) in [5, 5.41) is 0. The van der Waals surface area contributed by atoms with E-state index in [1.165, 1.54) is 0 Å². The van der Waals surface area contributed by atoms with E-state index in [-0.39, 0.29) is 11.9 Å². The fraction of sp³-hybridized carbons (Fsp3) is 0.500. The van der Waals surface area contributed by atoms with Crippen molar-refractivity contribution in [3.8, 4) is 0 Å². The fourth-order valence-corrected chi connectivity index (χ4v) is 2.33. The maximum Gasteiger partial charge on any atom is 0.254 e. The number of anilines is 1. The van der Waals surface area contributed by atoms with Crippen molar-refractivity contribution in [2.24, 2.45) is 0 Å². The summed E-state index contributed by atoms with van der Waals surface area (Å²) >= 11 is 1.80. The van der Waals surface area contributed by atoms with Crippen molar-refractivity contribution in [1.82, 2.24) is 4.90 Å². The lowest BCUT2D eigenvalue weighted by Gasteiger charge is -2.25. The van der Waals surface area contributed by atoms with E-state index in [1.54, 1.807) is 16.7 Å². The highest BCUT2D eigenvalue weighted by Gasteiger charge is 2.19. The summed E-state index contributed by atoms with van der Waals surface area (Å²) in [6.45, 7) is 3.97. The van der Waals surface area contributed by atoms with Gasteiger partial charge in [0, 0.05) is 24.3 Å². The third-order valence-corrected chi connectivity index (χ3v) is 3.97. The molecule has 100 valence electrons. The predicted octanol–water partition coefficient (Wildman–Crippen LogP) is 2.79. The Kier molecular flexibility index (Phi) is 5.54. The molecule has 0 aliphatic rings. The second kappa shape index (κ2) is 6.69. The minimum absolute atomic E-state index is 0.0494. The fourth-order valence-electron chi connectivity index (χ4n) is 1.76. The first-order chi connectivity index (χ1) is 8.49. The van der Waals surface area contributed by atoms with Crippen molar-refractivity contribution in [2.45, 2.75) is 26.3 Å². The van der Waals surface area contributed by atoms with Crippen LogP contribution in [0.25, 0.3) is 0 Å². The molecule has 0 radical (unpaired) electrons. The van der Waals surface area contributed by atoms with Crippen LogP contribution in [-0.2, 0) is 0 Å². The summed E-state index contributed by atoms with van der Waals surface area (Å²) in [5.41, 5.74) is 8.08. The van der Waals surface area contributed by atoms with Crippen LogP contribution in [0.4, 0.5) is 5.69 Å². The molecule has 1 atom stereocenters. The molecule has 0 spiro atoms. The Labute approximate surface area is 114 Å². The van der Waals surface area contributed by atoms with Crippen LogP contribution in [0.3, 0.4) is 0 Å². The zero-order valence-electron chi connectivity index (χ0n) is 11.6. The molecule has 0 heterocycles. The van der Waals surface area contributed by atoms with Gasteiger partial charge in [0.05, 0.1) is 0 Å². The minimum Gasteiger partial charge on any atom is -0.398 e. The monoisotopic (exact) mass is 266 g/mol. The van der Waals surface area contributed by atoms with Gasteiger partial charge in [-0.15, -0.1) is 0 Å². The lowest BCUT2D eigenvalue weighted by Crippen LogP contribution is -2.35. The second-order valence-corrected chi connectivity index (χ2v) is 5.55. The van der Waals surface area contributed by atoms with Crippen LogP contribution in [-0.4, -0.2) is 35.9 Å². The van der Waals surface area contributed by atoms with Crippen molar-refractivity contribution in [1.29, 1.82) is 0 Å². The molecule has 2 N–H and O–H groups in total. The van der Waals surface area contributed by atoms with Crippen LogP contribution < -0.4 is 5.73 Å². The average Bonchev–Trinajstić information content (AvgIpc) is 2.37. The lowest BCUT2D eigenvalue weighted by molar-refractivity contribution is 0.0740. The molecule has 1 aromatic carbocycles. The molecular weight excluding hydrogens is 244 g/mol. The summed E-state index contributed by atoms with van der Waals surface area (Å²) in [5.74, 6) is 1.11. The topological polar surface area (TPSA) is 46.3 Å². The van der Waals surface area contributed by atoms with Gasteiger partial charge in [-0.25, -0.2) is 0 Å². The van der Waals surface area contributed by atoms with Crippen LogP contribution in [0, 0.1) is 6.92 Å². The Morgan fingerprint density at radius 3 is 2.78 bits per heavy atom. The molecule has 0 aromatic heterocycles. The molecule has 3 nitrogen and oxygen atoms in total. The summed E-state index contributed by atoms with van der Waals surface area (Å²) in [7, 11) is 1.86. The number of carbonyl (C=O) groups is 1. The Balaban J connectivity index is 2.83. The average molecular weight is 266 g/mol. The number of nitrogens with two attached hydrogens (primary N) is 1. The summed E-state index contributed by atoms with van der Waals surface area (Å²) in [4.78, 5) is 14.2. The first-order valence-corrected chi connectivity index (χ1v) is 7.49. The van der Waals surface area contributed by atoms with Crippen molar-refractivity contribution in [3.05, 3.63) is 29.3 Å². The molecule has 0 aliphatic heterocycles. The number of thioether (sulfide) groups is 1. The van der Waals surface area contributed by atoms with Crippen molar-refractivity contribution >= 4 is 23.4 Å². The highest BCUT2D eigenvalue weighted by Crippen LogP contribution is 2.18. The Hall–Kier alpha value is -1.16. The molecular formula is C14H22N2OS. The third kappa shape index (κ3) is 3.42. The maximum absolute atomic E-state index is 12.4. The van der Waals surface area contributed by atoms with E-state index >= 15 is 0 Å². The first kappa shape index (κ1) is 14.9. The number of carbonyl (C=O) groups excluding carboxylic acids is 1. The Morgan fingerprint density at radius 2 is 2.17 bits per heavy atom. The molecule has 4 heteroatoms. The molecule has 0 saturated carbocycles. The molecule has 0 saturated heterocycles. The highest BCUT2D eigenvalue weighted by atomic mass is 32.2. The third-order valence-electron chi connectivity index (χ3n) is 3.33. The largest absolute Gasteiger partial charge is 0.398 e. The number of rotatable bonds is 5. The van der Waals surface area contributed by atoms with Gasteiger partial charge in [-0.2, -0.15) is 11.8 Å². The number of hydrogen-bond donors (Lipinski definition) is 1. The molecule has 0 aliphatic carbocycles. The van der Waals surface area contributed by atoms with Gasteiger partial charge in [0.1, 0.15) is 0 Å². The van der Waals surface area contributed by atoms with Gasteiger partial charge in [-0.1, -0.05) is 6.07 Å². The van der Waals surface area contributed by atoms with E-state index in [1.807, 2.05) is 32.2 Å². The molecule has 0 fully saturated rings. The molecule has 0 bridgehead atoms. The zero-order chi connectivity index (χ0) is 13.7. The highest BCUT2D eigenvalue weighted by molar-refractivity contribution is 7.98. The standard InChI is InChI=1S/C14H22N2OS/c1-10(8-9-18-4)16(3)14(17)12-6-5-7-13(15)11(12)2/h5-7,10H,8-9,15H2,1-4H3. The Bertz CT molecular complexity index is 420. The summed E-state index contributed by atoms with van der Waals surface area (Å²) < 4.78 is 0. The van der Waals surface area contributed by atoms with Crippen LogP contribution >= 0.6 is 11.8 Å². The molecule has 1 rings (SSSR count). The smallest absolute Gasteiger partial charge is 0.254 e. The zero-order valence-corrected chi connectivity index (χ0v) is 12.4. The van der Waals surface area contributed by atoms with Crippen LogP contribution in [0.2, 0.25) is 0 Å². The lowest BCUT2D eigenvalue weighted by atomic mass is 10.0. The van der Waals surface area contributed by atoms with Gasteiger partial charge in [0.25, 0.3) is 5.91 Å². The second-order valence-electron chi connectivity index (χ2n) is 4.57. The normalized spacial score (nSPS) is 12.2. The van der Waals surface area contributed by atoms with Crippen molar-refractivity contribution in [3.63, 3.8) is 0 Å². The molecule has 18 heavy (non-hydrogen) atoms. The van der Waals surface area contributed by atoms with Gasteiger partial charge < -0.3 is 10.6 Å². The number of benzene rings is 1. The number of nitrogens with zero attached hydrogens (tertiary/aromatic N) is 1. The quantitative estimate of drug-likeness (QED) is 0.834. The number of amides is 1. The minimum atomic E-state index is 0.0494. The van der Waals surface area contributed by atoms with Gasteiger partial charge in [-0.3, -0.25) is 4.79 Å². The molecule has 1 amide bonds. The van der Waals surface area contributed by atoms with Crippen LogP contribution in [0.1, 0.15) is 29.3 Å². The van der Waals surface area contributed by atoms with E-state index in [0.29, 0.717) is 11.3 Å².